The summed E-state index contributed by atoms with van der Waals surface area (Å²) in [4.78, 5) is 10.3. The normalized spacial score (nSPS) is 22.4. The Morgan fingerprint density at radius 2 is 1.50 bits per heavy atom. The molecular weight excluding hydrogens is 250 g/mol. The van der Waals surface area contributed by atoms with Gasteiger partial charge < -0.3 is 10.2 Å². The largest absolute Gasteiger partial charge is 0.335 e. The number of hydrogen-bond donors (Lipinski definition) is 1. The van der Waals surface area contributed by atoms with Crippen LogP contribution in [0.25, 0.3) is 0 Å². The van der Waals surface area contributed by atoms with Gasteiger partial charge in [0.05, 0.1) is 11.8 Å². The molecule has 0 unspecified atom stereocenters. The summed E-state index contributed by atoms with van der Waals surface area (Å²) in [5.41, 5.74) is 0.923. The summed E-state index contributed by atoms with van der Waals surface area (Å²) < 4.78 is 0. The number of oxime groups is 1. The zero-order valence-electron chi connectivity index (χ0n) is 13.0. The second kappa shape index (κ2) is 8.28. The van der Waals surface area contributed by atoms with Crippen molar-refractivity contribution < 1.29 is 4.84 Å². The van der Waals surface area contributed by atoms with Gasteiger partial charge in [-0.25, -0.2) is 4.99 Å². The van der Waals surface area contributed by atoms with Crippen LogP contribution in [0, 0.1) is 0 Å². The maximum atomic E-state index is 5.54. The van der Waals surface area contributed by atoms with Crippen LogP contribution in [0.4, 0.5) is 0 Å². The Balaban J connectivity index is 1.94. The molecule has 4 heteroatoms. The molecule has 2 saturated carbocycles. The van der Waals surface area contributed by atoms with Gasteiger partial charge in [-0.3, -0.25) is 0 Å². The van der Waals surface area contributed by atoms with Gasteiger partial charge in [-0.1, -0.05) is 43.7 Å². The molecule has 0 aromatic carbocycles. The average Bonchev–Trinajstić information content (AvgIpc) is 2.47. The number of aliphatic imine (C=N–C) groups is 1. The highest BCUT2D eigenvalue weighted by Crippen LogP contribution is 2.21. The van der Waals surface area contributed by atoms with E-state index in [2.05, 4.69) is 10.5 Å². The summed E-state index contributed by atoms with van der Waals surface area (Å²) in [6, 6.07) is 1.57. The van der Waals surface area contributed by atoms with Crippen LogP contribution >= 0.6 is 0 Å². The van der Waals surface area contributed by atoms with Gasteiger partial charge in [-0.2, -0.15) is 0 Å². The Morgan fingerprint density at radius 1 is 0.900 bits per heavy atom. The molecule has 2 aliphatic carbocycles. The number of hydrogen-bond acceptors (Lipinski definition) is 3. The minimum absolute atomic E-state index is 0.419. The first-order valence-corrected chi connectivity index (χ1v) is 8.26. The summed E-state index contributed by atoms with van der Waals surface area (Å²) in [5, 5.41) is 7.56. The Morgan fingerprint density at radius 3 is 2.10 bits per heavy atom. The fourth-order valence-electron chi connectivity index (χ4n) is 3.02. The first-order chi connectivity index (χ1) is 9.74. The lowest BCUT2D eigenvalue weighted by Crippen LogP contribution is -2.38. The van der Waals surface area contributed by atoms with E-state index in [1.807, 2.05) is 13.8 Å². The van der Waals surface area contributed by atoms with Crippen LogP contribution in [0.3, 0.4) is 0 Å². The molecule has 20 heavy (non-hydrogen) atoms. The van der Waals surface area contributed by atoms with Crippen molar-refractivity contribution in [1.29, 1.82) is 0 Å². The zero-order valence-corrected chi connectivity index (χ0v) is 13.0. The standard InChI is InChI=1S/C16H29N3O/c1-13(2)19-20-16(17-14-9-5-3-6-10-14)18-15-11-7-4-8-12-15/h14-15H,3-12H2,1-2H3,(H,17,18). The third kappa shape index (κ3) is 5.51. The van der Waals surface area contributed by atoms with Gasteiger partial charge in [-0.05, 0) is 39.5 Å². The van der Waals surface area contributed by atoms with E-state index in [9.17, 15) is 0 Å². The molecule has 0 saturated heterocycles. The predicted octanol–water partition coefficient (Wildman–Crippen LogP) is 4.01. The van der Waals surface area contributed by atoms with Crippen LogP contribution in [-0.2, 0) is 4.84 Å². The molecule has 0 heterocycles. The number of amidine groups is 1. The molecule has 2 aliphatic rings. The van der Waals surface area contributed by atoms with Gasteiger partial charge in [-0.15, -0.1) is 0 Å². The Labute approximate surface area is 123 Å². The van der Waals surface area contributed by atoms with Crippen molar-refractivity contribution in [1.82, 2.24) is 5.32 Å². The maximum absolute atomic E-state index is 5.54. The van der Waals surface area contributed by atoms with E-state index in [1.165, 1.54) is 64.2 Å². The van der Waals surface area contributed by atoms with Crippen molar-refractivity contribution in [2.45, 2.75) is 90.1 Å². The van der Waals surface area contributed by atoms with Crippen LogP contribution in [0.2, 0.25) is 0 Å². The van der Waals surface area contributed by atoms with Crippen LogP contribution < -0.4 is 5.32 Å². The van der Waals surface area contributed by atoms with Gasteiger partial charge in [0.25, 0.3) is 0 Å². The van der Waals surface area contributed by atoms with E-state index in [0.29, 0.717) is 18.1 Å². The minimum Gasteiger partial charge on any atom is -0.335 e. The summed E-state index contributed by atoms with van der Waals surface area (Å²) in [7, 11) is 0. The van der Waals surface area contributed by atoms with E-state index >= 15 is 0 Å². The molecular formula is C16H29N3O. The molecule has 2 rings (SSSR count). The molecule has 114 valence electrons. The lowest BCUT2D eigenvalue weighted by atomic mass is 9.95. The van der Waals surface area contributed by atoms with E-state index < -0.39 is 0 Å². The van der Waals surface area contributed by atoms with Crippen molar-refractivity contribution >= 4 is 11.7 Å². The Kier molecular flexibility index (Phi) is 6.34. The predicted molar refractivity (Wildman–Crippen MR) is 84.2 cm³/mol. The fourth-order valence-corrected chi connectivity index (χ4v) is 3.02. The van der Waals surface area contributed by atoms with Gasteiger partial charge in [0.15, 0.2) is 0 Å². The molecule has 0 spiro atoms. The van der Waals surface area contributed by atoms with E-state index in [-0.39, 0.29) is 0 Å². The summed E-state index contributed by atoms with van der Waals surface area (Å²) in [6.07, 6.45) is 12.7. The Hall–Kier alpha value is -1.06. The highest BCUT2D eigenvalue weighted by molar-refractivity contribution is 5.80. The van der Waals surface area contributed by atoms with Gasteiger partial charge in [0.2, 0.25) is 0 Å². The van der Waals surface area contributed by atoms with Crippen LogP contribution in [0.1, 0.15) is 78.1 Å². The summed E-state index contributed by atoms with van der Waals surface area (Å²) in [6.45, 7) is 3.89. The molecule has 0 amide bonds. The molecule has 0 radical (unpaired) electrons. The molecule has 4 nitrogen and oxygen atoms in total. The van der Waals surface area contributed by atoms with Crippen molar-refractivity contribution in [3.63, 3.8) is 0 Å². The van der Waals surface area contributed by atoms with Crippen LogP contribution in [-0.4, -0.2) is 23.8 Å². The second-order valence-electron chi connectivity index (χ2n) is 6.34. The van der Waals surface area contributed by atoms with Gasteiger partial charge in [0.1, 0.15) is 0 Å². The second-order valence-corrected chi connectivity index (χ2v) is 6.34. The van der Waals surface area contributed by atoms with Crippen molar-refractivity contribution in [3.8, 4) is 0 Å². The van der Waals surface area contributed by atoms with Crippen LogP contribution in [0.15, 0.2) is 10.1 Å². The molecule has 1 N–H and O–H groups in total. The zero-order chi connectivity index (χ0) is 14.2. The highest BCUT2D eigenvalue weighted by Gasteiger charge is 2.18. The van der Waals surface area contributed by atoms with Gasteiger partial charge >= 0.3 is 6.02 Å². The molecule has 0 aromatic heterocycles. The van der Waals surface area contributed by atoms with E-state index in [1.54, 1.807) is 0 Å². The van der Waals surface area contributed by atoms with E-state index in [0.717, 1.165) is 5.71 Å². The molecule has 2 fully saturated rings. The van der Waals surface area contributed by atoms with Crippen molar-refractivity contribution in [2.24, 2.45) is 10.1 Å². The molecule has 0 atom stereocenters. The third-order valence-electron chi connectivity index (χ3n) is 4.12. The SMILES string of the molecule is CC(C)=NOC(=NC1CCCCC1)NC1CCCCC1. The van der Waals surface area contributed by atoms with Gasteiger partial charge in [0, 0.05) is 6.04 Å². The van der Waals surface area contributed by atoms with Crippen molar-refractivity contribution in [2.75, 3.05) is 0 Å². The minimum atomic E-state index is 0.419. The topological polar surface area (TPSA) is 46.0 Å². The van der Waals surface area contributed by atoms with Crippen molar-refractivity contribution in [3.05, 3.63) is 0 Å². The lowest BCUT2D eigenvalue weighted by Gasteiger charge is -2.24. The molecule has 0 aromatic rings. The maximum Gasteiger partial charge on any atom is 0.315 e. The van der Waals surface area contributed by atoms with E-state index in [4.69, 9.17) is 9.83 Å². The number of nitrogens with zero attached hydrogens (tertiary/aromatic N) is 2. The molecule has 0 aliphatic heterocycles. The summed E-state index contributed by atoms with van der Waals surface area (Å²) in [5.74, 6) is 0. The fraction of sp³-hybridized carbons (Fsp3) is 0.875. The lowest BCUT2D eigenvalue weighted by molar-refractivity contribution is 0.284. The van der Waals surface area contributed by atoms with Crippen LogP contribution in [0.5, 0.6) is 0 Å². The number of nitrogens with one attached hydrogen (secondary N) is 1. The highest BCUT2D eigenvalue weighted by atomic mass is 16.6. The quantitative estimate of drug-likeness (QED) is 0.482. The first kappa shape index (κ1) is 15.3. The molecule has 0 bridgehead atoms. The number of rotatable bonds is 3. The smallest absolute Gasteiger partial charge is 0.315 e. The Bertz CT molecular complexity index is 336. The first-order valence-electron chi connectivity index (χ1n) is 8.26. The average molecular weight is 279 g/mol. The third-order valence-corrected chi connectivity index (χ3v) is 4.12. The summed E-state index contributed by atoms with van der Waals surface area (Å²) >= 11 is 0. The monoisotopic (exact) mass is 279 g/mol.